The fourth-order valence-electron chi connectivity index (χ4n) is 6.06. The number of nitrogens with zero attached hydrogens (tertiary/aromatic N) is 4. The summed E-state index contributed by atoms with van der Waals surface area (Å²) in [6.45, 7) is 0. The van der Waals surface area contributed by atoms with Crippen LogP contribution in [0, 0.1) is 17.6 Å². The van der Waals surface area contributed by atoms with E-state index in [0.717, 1.165) is 28.8 Å². The molecule has 6 heteroatoms. The zero-order chi connectivity index (χ0) is 27.8. The number of rotatable bonds is 6. The van der Waals surface area contributed by atoms with Crippen molar-refractivity contribution >= 4 is 5.65 Å². The Morgan fingerprint density at radius 1 is 0.756 bits per heavy atom. The van der Waals surface area contributed by atoms with E-state index >= 15 is 8.78 Å². The van der Waals surface area contributed by atoms with E-state index in [1.54, 1.807) is 6.20 Å². The molecule has 0 bridgehead atoms. The Kier molecular flexibility index (Phi) is 6.16. The molecule has 0 N–H and O–H groups in total. The van der Waals surface area contributed by atoms with Crippen molar-refractivity contribution in [3.05, 3.63) is 163 Å². The van der Waals surface area contributed by atoms with Gasteiger partial charge in [0.05, 0.1) is 5.56 Å². The fourth-order valence-corrected chi connectivity index (χ4v) is 6.06. The minimum Gasteiger partial charge on any atom is -0.306 e. The minimum absolute atomic E-state index is 0.0282. The second-order valence-corrected chi connectivity index (χ2v) is 10.2. The Balaban J connectivity index is 1.58. The first kappa shape index (κ1) is 24.9. The van der Waals surface area contributed by atoms with E-state index in [-0.39, 0.29) is 17.2 Å². The van der Waals surface area contributed by atoms with Gasteiger partial charge >= 0.3 is 0 Å². The Hall–Kier alpha value is -5.10. The highest BCUT2D eigenvalue weighted by Gasteiger charge is 2.44. The van der Waals surface area contributed by atoms with Crippen LogP contribution in [0.25, 0.3) is 28.0 Å². The molecule has 41 heavy (non-hydrogen) atoms. The van der Waals surface area contributed by atoms with Crippen molar-refractivity contribution in [2.45, 2.75) is 12.0 Å². The zero-order valence-electron chi connectivity index (χ0n) is 22.1. The van der Waals surface area contributed by atoms with E-state index in [0.29, 0.717) is 5.56 Å². The maximum atomic E-state index is 15.4. The summed E-state index contributed by atoms with van der Waals surface area (Å²) in [6, 6.07) is 28.2. The summed E-state index contributed by atoms with van der Waals surface area (Å²) in [5.41, 5.74) is 3.50. The lowest BCUT2D eigenvalue weighted by Gasteiger charge is -2.41. The van der Waals surface area contributed by atoms with Crippen LogP contribution in [0.3, 0.4) is 0 Å². The van der Waals surface area contributed by atoms with Gasteiger partial charge < -0.3 is 4.40 Å². The maximum Gasteiger partial charge on any atom is 0.136 e. The van der Waals surface area contributed by atoms with Gasteiger partial charge in [-0.15, -0.1) is 0 Å². The molecule has 0 saturated heterocycles. The van der Waals surface area contributed by atoms with Gasteiger partial charge in [-0.2, -0.15) is 5.10 Å². The molecule has 200 valence electrons. The first-order valence-corrected chi connectivity index (χ1v) is 13.6. The third-order valence-electron chi connectivity index (χ3n) is 7.92. The number of benzene rings is 3. The molecule has 1 aliphatic carbocycles. The largest absolute Gasteiger partial charge is 0.306 e. The molecule has 0 saturated carbocycles. The van der Waals surface area contributed by atoms with Gasteiger partial charge in [0, 0.05) is 41.8 Å². The van der Waals surface area contributed by atoms with Crippen molar-refractivity contribution in [3.8, 4) is 22.4 Å². The smallest absolute Gasteiger partial charge is 0.136 e. The van der Waals surface area contributed by atoms with Gasteiger partial charge in [-0.3, -0.25) is 4.68 Å². The lowest BCUT2D eigenvalue weighted by atomic mass is 9.70. The minimum atomic E-state index is -0.808. The molecule has 0 radical (unpaired) electrons. The molecule has 1 unspecified atom stereocenters. The molecular weight excluding hydrogens is 514 g/mol. The van der Waals surface area contributed by atoms with Gasteiger partial charge in [-0.1, -0.05) is 91.0 Å². The van der Waals surface area contributed by atoms with Crippen LogP contribution >= 0.6 is 0 Å². The van der Waals surface area contributed by atoms with E-state index in [1.807, 2.05) is 82.3 Å². The Morgan fingerprint density at radius 3 is 2.12 bits per heavy atom. The van der Waals surface area contributed by atoms with Crippen molar-refractivity contribution in [1.82, 2.24) is 19.2 Å². The average Bonchev–Trinajstić information content (AvgIpc) is 3.67. The molecule has 3 heterocycles. The van der Waals surface area contributed by atoms with E-state index in [2.05, 4.69) is 47.5 Å². The summed E-state index contributed by atoms with van der Waals surface area (Å²) < 4.78 is 34.6. The molecule has 4 nitrogen and oxygen atoms in total. The van der Waals surface area contributed by atoms with E-state index in [9.17, 15) is 0 Å². The molecule has 1 aliphatic rings. The van der Waals surface area contributed by atoms with Crippen LogP contribution in [-0.2, 0) is 5.54 Å². The summed E-state index contributed by atoms with van der Waals surface area (Å²) in [5, 5.41) is 5.10. The van der Waals surface area contributed by atoms with Gasteiger partial charge in [-0.05, 0) is 41.8 Å². The van der Waals surface area contributed by atoms with Crippen LogP contribution in [-0.4, -0.2) is 19.2 Å². The second kappa shape index (κ2) is 10.1. The number of aromatic nitrogens is 4. The summed E-state index contributed by atoms with van der Waals surface area (Å²) in [7, 11) is 0. The summed E-state index contributed by atoms with van der Waals surface area (Å²) >= 11 is 0. The molecule has 7 rings (SSSR count). The van der Waals surface area contributed by atoms with Crippen LogP contribution in [0.15, 0.2) is 140 Å². The molecule has 0 spiro atoms. The van der Waals surface area contributed by atoms with Gasteiger partial charge in [0.1, 0.15) is 28.5 Å². The normalized spacial score (nSPS) is 15.0. The van der Waals surface area contributed by atoms with Crippen LogP contribution in [0.2, 0.25) is 0 Å². The molecule has 3 aromatic carbocycles. The van der Waals surface area contributed by atoms with Gasteiger partial charge in [0.2, 0.25) is 0 Å². The Labute approximate surface area is 236 Å². The SMILES string of the molecule is Fc1cccc(F)c1-c1nn(C(c2ccccc2)(c2ccccc2)C2C=CC=CC2)cc1-c1ccc2nccn2c1. The number of fused-ring (bicyclic) bond motifs is 1. The number of halogens is 2. The van der Waals surface area contributed by atoms with Crippen LogP contribution in [0.4, 0.5) is 8.78 Å². The molecule has 0 fully saturated rings. The van der Waals surface area contributed by atoms with E-state index in [4.69, 9.17) is 5.10 Å². The highest BCUT2D eigenvalue weighted by atomic mass is 19.1. The molecule has 3 aromatic heterocycles. The van der Waals surface area contributed by atoms with E-state index in [1.165, 1.54) is 18.2 Å². The average molecular weight is 541 g/mol. The molecule has 1 atom stereocenters. The molecule has 6 aromatic rings. The summed E-state index contributed by atoms with van der Waals surface area (Å²) in [5.74, 6) is -1.35. The van der Waals surface area contributed by atoms with E-state index < -0.39 is 17.2 Å². The van der Waals surface area contributed by atoms with Crippen LogP contribution in [0.1, 0.15) is 17.5 Å². The maximum absolute atomic E-state index is 15.4. The predicted molar refractivity (Wildman–Crippen MR) is 157 cm³/mol. The molecular formula is C35H26F2N4. The topological polar surface area (TPSA) is 35.1 Å². The fraction of sp³-hybridized carbons (Fsp3) is 0.0857. The molecule has 0 amide bonds. The van der Waals surface area contributed by atoms with Crippen molar-refractivity contribution in [2.24, 2.45) is 5.92 Å². The summed E-state index contributed by atoms with van der Waals surface area (Å²) in [4.78, 5) is 4.36. The van der Waals surface area contributed by atoms with Crippen molar-refractivity contribution in [3.63, 3.8) is 0 Å². The van der Waals surface area contributed by atoms with Gasteiger partial charge in [0.25, 0.3) is 0 Å². The van der Waals surface area contributed by atoms with Crippen LogP contribution in [0.5, 0.6) is 0 Å². The number of imidazole rings is 1. The van der Waals surface area contributed by atoms with Gasteiger partial charge in [0.15, 0.2) is 0 Å². The summed E-state index contributed by atoms with van der Waals surface area (Å²) in [6.07, 6.45) is 16.6. The zero-order valence-corrected chi connectivity index (χ0v) is 22.1. The van der Waals surface area contributed by atoms with Crippen molar-refractivity contribution in [2.75, 3.05) is 0 Å². The van der Waals surface area contributed by atoms with Gasteiger partial charge in [-0.25, -0.2) is 13.8 Å². The number of hydrogen-bond acceptors (Lipinski definition) is 2. The predicted octanol–water partition coefficient (Wildman–Crippen LogP) is 8.07. The third-order valence-corrected chi connectivity index (χ3v) is 7.92. The number of pyridine rings is 1. The quantitative estimate of drug-likeness (QED) is 0.214. The molecule has 0 aliphatic heterocycles. The monoisotopic (exact) mass is 540 g/mol. The van der Waals surface area contributed by atoms with Crippen molar-refractivity contribution < 1.29 is 8.78 Å². The lowest BCUT2D eigenvalue weighted by molar-refractivity contribution is 0.293. The Bertz CT molecular complexity index is 1840. The first-order chi connectivity index (χ1) is 20.2. The van der Waals surface area contributed by atoms with Crippen LogP contribution < -0.4 is 0 Å². The standard InChI is InChI=1S/C35H26F2N4/c36-30-17-10-18-31(37)33(30)34-29(25-19-20-32-38-21-22-40(32)23-25)24-41(39-34)35(26-11-4-1-5-12-26,27-13-6-2-7-14-27)28-15-8-3-9-16-28/h1-15,17-24,28H,16H2. The van der Waals surface area contributed by atoms with Crippen molar-refractivity contribution in [1.29, 1.82) is 0 Å². The first-order valence-electron chi connectivity index (χ1n) is 13.6. The highest BCUT2D eigenvalue weighted by Crippen LogP contribution is 2.46. The third kappa shape index (κ3) is 4.11. The number of hydrogen-bond donors (Lipinski definition) is 0. The Morgan fingerprint density at radius 2 is 1.46 bits per heavy atom. The highest BCUT2D eigenvalue weighted by molar-refractivity contribution is 5.81. The second-order valence-electron chi connectivity index (χ2n) is 10.2. The number of allylic oxidation sites excluding steroid dienone is 4. The lowest BCUT2D eigenvalue weighted by Crippen LogP contribution is -2.43.